The van der Waals surface area contributed by atoms with Crippen molar-refractivity contribution in [3.05, 3.63) is 17.9 Å². The van der Waals surface area contributed by atoms with Crippen molar-refractivity contribution in [1.29, 1.82) is 0 Å². The van der Waals surface area contributed by atoms with E-state index in [-0.39, 0.29) is 11.9 Å². The third-order valence-electron chi connectivity index (χ3n) is 4.01. The molecule has 0 aromatic heterocycles. The lowest BCUT2D eigenvalue weighted by Crippen LogP contribution is -2.37. The van der Waals surface area contributed by atoms with E-state index in [2.05, 4.69) is 5.32 Å². The minimum atomic E-state index is -0.623. The largest absolute Gasteiger partial charge is 0.492 e. The summed E-state index contributed by atoms with van der Waals surface area (Å²) < 4.78 is 30.5. The number of hydrogen-bond donors (Lipinski definition) is 1. The smallest absolute Gasteiger partial charge is 0.412 e. The number of methoxy groups -OCH3 is 2. The summed E-state index contributed by atoms with van der Waals surface area (Å²) in [6.45, 7) is 6.64. The Morgan fingerprint density at radius 2 is 1.88 bits per heavy atom. The number of ether oxygens (including phenoxy) is 3. The summed E-state index contributed by atoms with van der Waals surface area (Å²) in [6, 6.07) is 2.80. The normalized spacial score (nSPS) is 15.8. The number of anilines is 2. The van der Waals surface area contributed by atoms with Crippen molar-refractivity contribution < 1.29 is 23.4 Å². The van der Waals surface area contributed by atoms with E-state index in [1.807, 2.05) is 4.90 Å². The second-order valence-corrected chi connectivity index (χ2v) is 7.03. The number of benzene rings is 1. The summed E-state index contributed by atoms with van der Waals surface area (Å²) in [5.41, 5.74) is 0.106. The zero-order valence-corrected chi connectivity index (χ0v) is 15.5. The molecule has 0 aliphatic carbocycles. The van der Waals surface area contributed by atoms with E-state index in [0.29, 0.717) is 30.2 Å². The van der Waals surface area contributed by atoms with Crippen molar-refractivity contribution in [1.82, 2.24) is 0 Å². The first-order valence-corrected chi connectivity index (χ1v) is 8.39. The molecule has 25 heavy (non-hydrogen) atoms. The minimum Gasteiger partial charge on any atom is -0.492 e. The maximum Gasteiger partial charge on any atom is 0.412 e. The molecule has 1 fully saturated rings. The summed E-state index contributed by atoms with van der Waals surface area (Å²) in [4.78, 5) is 14.0. The number of hydrogen-bond acceptors (Lipinski definition) is 5. The van der Waals surface area contributed by atoms with Crippen LogP contribution in [0.3, 0.4) is 0 Å². The fourth-order valence-electron chi connectivity index (χ4n) is 2.88. The van der Waals surface area contributed by atoms with Crippen LogP contribution in [-0.2, 0) is 9.47 Å². The quantitative estimate of drug-likeness (QED) is 0.891. The Balaban J connectivity index is 2.24. The zero-order chi connectivity index (χ0) is 18.6. The molecule has 0 saturated carbocycles. The Morgan fingerprint density at radius 1 is 1.24 bits per heavy atom. The van der Waals surface area contributed by atoms with E-state index < -0.39 is 11.7 Å². The predicted octanol–water partition coefficient (Wildman–Crippen LogP) is 3.80. The molecule has 1 amide bonds. The zero-order valence-electron chi connectivity index (χ0n) is 15.5. The molecule has 1 aromatic rings. The first-order valence-electron chi connectivity index (χ1n) is 8.39. The fourth-order valence-corrected chi connectivity index (χ4v) is 2.88. The molecule has 0 unspecified atom stereocenters. The highest BCUT2D eigenvalue weighted by Gasteiger charge is 2.26. The lowest BCUT2D eigenvalue weighted by atomic mass is 10.1. The van der Waals surface area contributed by atoms with Gasteiger partial charge in [-0.1, -0.05) is 0 Å². The maximum atomic E-state index is 14.5. The van der Waals surface area contributed by atoms with Crippen LogP contribution in [0.2, 0.25) is 0 Å². The summed E-state index contributed by atoms with van der Waals surface area (Å²) in [6.07, 6.45) is 1.20. The SMILES string of the molecule is COc1c(NC(=O)OC(C)(C)C)ccc(F)c1N1CCC(OC)CC1. The number of amides is 1. The van der Waals surface area contributed by atoms with Crippen LogP contribution in [-0.4, -0.2) is 45.1 Å². The number of halogens is 1. The molecule has 7 heteroatoms. The van der Waals surface area contributed by atoms with E-state index in [1.54, 1.807) is 27.9 Å². The molecule has 140 valence electrons. The van der Waals surface area contributed by atoms with Gasteiger partial charge in [-0.15, -0.1) is 0 Å². The maximum absolute atomic E-state index is 14.5. The van der Waals surface area contributed by atoms with Crippen LogP contribution in [0.5, 0.6) is 5.75 Å². The van der Waals surface area contributed by atoms with Gasteiger partial charge in [0.25, 0.3) is 0 Å². The van der Waals surface area contributed by atoms with Gasteiger partial charge in [0, 0.05) is 20.2 Å². The summed E-state index contributed by atoms with van der Waals surface area (Å²) in [5, 5.41) is 2.64. The molecule has 0 atom stereocenters. The lowest BCUT2D eigenvalue weighted by Gasteiger charge is -2.34. The van der Waals surface area contributed by atoms with Crippen LogP contribution in [0.4, 0.5) is 20.6 Å². The molecule has 6 nitrogen and oxygen atoms in total. The van der Waals surface area contributed by atoms with Gasteiger partial charge in [0.15, 0.2) is 5.75 Å². The lowest BCUT2D eigenvalue weighted by molar-refractivity contribution is 0.0635. The minimum absolute atomic E-state index is 0.188. The van der Waals surface area contributed by atoms with Crippen LogP contribution >= 0.6 is 0 Å². The van der Waals surface area contributed by atoms with Gasteiger partial charge in [-0.25, -0.2) is 9.18 Å². The monoisotopic (exact) mass is 354 g/mol. The molecule has 1 aliphatic heterocycles. The van der Waals surface area contributed by atoms with Crippen molar-refractivity contribution in [2.75, 3.05) is 37.5 Å². The number of rotatable bonds is 4. The van der Waals surface area contributed by atoms with Crippen LogP contribution in [0.1, 0.15) is 33.6 Å². The van der Waals surface area contributed by atoms with Crippen molar-refractivity contribution in [2.45, 2.75) is 45.3 Å². The Kier molecular flexibility index (Phi) is 6.11. The van der Waals surface area contributed by atoms with E-state index in [4.69, 9.17) is 14.2 Å². The van der Waals surface area contributed by atoms with Gasteiger partial charge in [-0.05, 0) is 45.7 Å². The first kappa shape index (κ1) is 19.3. The summed E-state index contributed by atoms with van der Waals surface area (Å²) in [7, 11) is 3.15. The third-order valence-corrected chi connectivity index (χ3v) is 4.01. The number of carbonyl (C=O) groups excluding carboxylic acids is 1. The van der Waals surface area contributed by atoms with Gasteiger partial charge in [0.1, 0.15) is 17.1 Å². The van der Waals surface area contributed by atoms with Crippen LogP contribution in [0.25, 0.3) is 0 Å². The standard InChI is InChI=1S/C18H27FN2O4/c1-18(2,3)25-17(22)20-14-7-6-13(19)15(16(14)24-5)21-10-8-12(23-4)9-11-21/h6-7,12H,8-11H2,1-5H3,(H,20,22). The van der Waals surface area contributed by atoms with Gasteiger partial charge in [-0.2, -0.15) is 0 Å². The molecular weight excluding hydrogens is 327 g/mol. The fraction of sp³-hybridized carbons (Fsp3) is 0.611. The topological polar surface area (TPSA) is 60.0 Å². The average molecular weight is 354 g/mol. The number of nitrogens with zero attached hydrogens (tertiary/aromatic N) is 1. The molecule has 0 spiro atoms. The van der Waals surface area contributed by atoms with Gasteiger partial charge < -0.3 is 19.1 Å². The number of carbonyl (C=O) groups is 1. The second kappa shape index (κ2) is 7.91. The Morgan fingerprint density at radius 3 is 2.40 bits per heavy atom. The van der Waals surface area contributed by atoms with Gasteiger partial charge in [0.05, 0.1) is 18.9 Å². The summed E-state index contributed by atoms with van der Waals surface area (Å²) in [5.74, 6) is -0.0934. The van der Waals surface area contributed by atoms with Crippen molar-refractivity contribution in [2.24, 2.45) is 0 Å². The van der Waals surface area contributed by atoms with Crippen molar-refractivity contribution in [3.63, 3.8) is 0 Å². The molecule has 1 saturated heterocycles. The Labute approximate surface area is 148 Å². The van der Waals surface area contributed by atoms with Crippen molar-refractivity contribution in [3.8, 4) is 5.75 Å². The number of nitrogens with one attached hydrogen (secondary N) is 1. The number of piperidine rings is 1. The molecule has 1 heterocycles. The molecule has 1 N–H and O–H groups in total. The Bertz CT molecular complexity index is 608. The highest BCUT2D eigenvalue weighted by atomic mass is 19.1. The van der Waals surface area contributed by atoms with Gasteiger partial charge in [-0.3, -0.25) is 5.32 Å². The molecule has 2 rings (SSSR count). The van der Waals surface area contributed by atoms with E-state index in [0.717, 1.165) is 12.8 Å². The Hall–Kier alpha value is -2.02. The highest BCUT2D eigenvalue weighted by molar-refractivity contribution is 5.89. The molecule has 1 aromatic carbocycles. The predicted molar refractivity (Wildman–Crippen MR) is 95.1 cm³/mol. The molecule has 0 radical (unpaired) electrons. The van der Waals surface area contributed by atoms with Crippen LogP contribution in [0, 0.1) is 5.82 Å². The molecule has 0 bridgehead atoms. The third kappa shape index (κ3) is 4.98. The van der Waals surface area contributed by atoms with E-state index in [1.165, 1.54) is 19.2 Å². The van der Waals surface area contributed by atoms with Gasteiger partial charge >= 0.3 is 6.09 Å². The van der Waals surface area contributed by atoms with Crippen LogP contribution < -0.4 is 15.0 Å². The summed E-state index contributed by atoms with van der Waals surface area (Å²) >= 11 is 0. The van der Waals surface area contributed by atoms with E-state index >= 15 is 0 Å². The average Bonchev–Trinajstić information content (AvgIpc) is 2.54. The molecular formula is C18H27FN2O4. The van der Waals surface area contributed by atoms with Gasteiger partial charge in [0.2, 0.25) is 0 Å². The molecule has 1 aliphatic rings. The van der Waals surface area contributed by atoms with Crippen molar-refractivity contribution >= 4 is 17.5 Å². The van der Waals surface area contributed by atoms with E-state index in [9.17, 15) is 9.18 Å². The highest BCUT2D eigenvalue weighted by Crippen LogP contribution is 2.39. The second-order valence-electron chi connectivity index (χ2n) is 7.03. The first-order chi connectivity index (χ1) is 11.7. The van der Waals surface area contributed by atoms with Crippen LogP contribution in [0.15, 0.2) is 12.1 Å².